The van der Waals surface area contributed by atoms with Crippen molar-refractivity contribution in [1.29, 1.82) is 0 Å². The van der Waals surface area contributed by atoms with Gasteiger partial charge in [-0.2, -0.15) is 0 Å². The zero-order chi connectivity index (χ0) is 19.4. The second-order valence-electron chi connectivity index (χ2n) is 6.30. The average molecular weight is 437 g/mol. The van der Waals surface area contributed by atoms with Crippen LogP contribution in [0.1, 0.15) is 27.6 Å². The van der Waals surface area contributed by atoms with Gasteiger partial charge < -0.3 is 14.2 Å². The first kappa shape index (κ1) is 19.5. The Kier molecular flexibility index (Phi) is 5.92. The molecule has 142 valence electrons. The van der Waals surface area contributed by atoms with Crippen molar-refractivity contribution in [3.05, 3.63) is 71.8 Å². The Morgan fingerprint density at radius 3 is 2.11 bits per heavy atom. The Bertz CT molecular complexity index is 797. The number of ether oxygens (including phenoxy) is 3. The normalized spacial score (nSPS) is 27.1. The summed E-state index contributed by atoms with van der Waals surface area (Å²) in [4.78, 5) is 24.4. The summed E-state index contributed by atoms with van der Waals surface area (Å²) in [5, 5.41) is -1.00. The van der Waals surface area contributed by atoms with E-state index in [2.05, 4.69) is 15.9 Å². The van der Waals surface area contributed by atoms with Gasteiger partial charge >= 0.3 is 11.9 Å². The van der Waals surface area contributed by atoms with Crippen molar-refractivity contribution in [3.8, 4) is 0 Å². The Hall–Kier alpha value is -2.25. The third-order valence-electron chi connectivity index (χ3n) is 4.26. The number of hydrogen-bond acceptors (Lipinski definition) is 5. The number of benzene rings is 2. The van der Waals surface area contributed by atoms with Crippen LogP contribution in [0.5, 0.6) is 0 Å². The third kappa shape index (κ3) is 4.36. The minimum Gasteiger partial charge on any atom is -0.459 e. The molecule has 0 aromatic heterocycles. The molecule has 1 aliphatic heterocycles. The predicted molar refractivity (Wildman–Crippen MR) is 99.5 cm³/mol. The van der Waals surface area contributed by atoms with E-state index in [1.807, 2.05) is 0 Å². The first-order valence-corrected chi connectivity index (χ1v) is 9.28. The smallest absolute Gasteiger partial charge is 0.338 e. The molecule has 1 heterocycles. The van der Waals surface area contributed by atoms with Gasteiger partial charge in [-0.05, 0) is 31.2 Å². The molecule has 0 amide bonds. The van der Waals surface area contributed by atoms with Crippen LogP contribution in [0.3, 0.4) is 0 Å². The maximum absolute atomic E-state index is 15.1. The Morgan fingerprint density at radius 1 is 1.04 bits per heavy atom. The second-order valence-corrected chi connectivity index (χ2v) is 7.13. The summed E-state index contributed by atoms with van der Waals surface area (Å²) < 4.78 is 31.2. The molecule has 0 bridgehead atoms. The molecular weight excluding hydrogens is 419 g/mol. The van der Waals surface area contributed by atoms with Crippen LogP contribution < -0.4 is 0 Å². The third-order valence-corrected chi connectivity index (χ3v) is 5.37. The van der Waals surface area contributed by atoms with E-state index in [-0.39, 0.29) is 6.61 Å². The minimum absolute atomic E-state index is 0.248. The topological polar surface area (TPSA) is 61.8 Å². The summed E-state index contributed by atoms with van der Waals surface area (Å²) in [6, 6.07) is 16.7. The molecular formula is C20H18BrFO5. The number of halogens is 2. The zero-order valence-electron chi connectivity index (χ0n) is 14.5. The van der Waals surface area contributed by atoms with Crippen LogP contribution in [0.4, 0.5) is 4.39 Å². The van der Waals surface area contributed by atoms with Crippen molar-refractivity contribution in [2.75, 3.05) is 6.61 Å². The molecule has 1 saturated heterocycles. The van der Waals surface area contributed by atoms with Gasteiger partial charge in [-0.15, -0.1) is 0 Å². The lowest BCUT2D eigenvalue weighted by Crippen LogP contribution is -2.44. The number of carbonyl (C=O) groups excluding carboxylic acids is 2. The van der Waals surface area contributed by atoms with E-state index in [1.165, 1.54) is 6.92 Å². The molecule has 5 nitrogen and oxygen atoms in total. The van der Waals surface area contributed by atoms with Gasteiger partial charge in [0.2, 0.25) is 0 Å². The summed E-state index contributed by atoms with van der Waals surface area (Å²) in [5.41, 5.74) is -1.33. The molecule has 0 saturated carbocycles. The summed E-state index contributed by atoms with van der Waals surface area (Å²) in [6.45, 7) is 1.02. The van der Waals surface area contributed by atoms with Crippen LogP contribution in [0.15, 0.2) is 60.7 Å². The molecule has 0 spiro atoms. The Labute approximate surface area is 164 Å². The Morgan fingerprint density at radius 2 is 1.56 bits per heavy atom. The van der Waals surface area contributed by atoms with Crippen LogP contribution in [-0.2, 0) is 14.2 Å². The number of hydrogen-bond donors (Lipinski definition) is 0. The SMILES string of the molecule is C[C@@]1(F)C(OC(=O)c2ccccc2)[C@@H](COC(=O)c2ccccc2)O[C@H]1Br. The summed E-state index contributed by atoms with van der Waals surface area (Å²) in [7, 11) is 0. The molecule has 0 radical (unpaired) electrons. The van der Waals surface area contributed by atoms with Crippen LogP contribution in [0.2, 0.25) is 0 Å². The highest BCUT2D eigenvalue weighted by Gasteiger charge is 2.56. The largest absolute Gasteiger partial charge is 0.459 e. The fourth-order valence-corrected chi connectivity index (χ4v) is 3.28. The van der Waals surface area contributed by atoms with Crippen molar-refractivity contribution in [3.63, 3.8) is 0 Å². The Balaban J connectivity index is 1.69. The van der Waals surface area contributed by atoms with Gasteiger partial charge in [0.15, 0.2) is 16.8 Å². The van der Waals surface area contributed by atoms with Gasteiger partial charge in [-0.1, -0.05) is 52.3 Å². The molecule has 1 aliphatic rings. The lowest BCUT2D eigenvalue weighted by molar-refractivity contribution is -0.0422. The van der Waals surface area contributed by atoms with Crippen molar-refractivity contribution in [2.24, 2.45) is 0 Å². The predicted octanol–water partition coefficient (Wildman–Crippen LogP) is 3.92. The highest BCUT2D eigenvalue weighted by molar-refractivity contribution is 9.09. The molecule has 2 aromatic carbocycles. The van der Waals surface area contributed by atoms with E-state index in [0.29, 0.717) is 11.1 Å². The molecule has 27 heavy (non-hydrogen) atoms. The number of esters is 2. The van der Waals surface area contributed by atoms with Crippen LogP contribution >= 0.6 is 15.9 Å². The van der Waals surface area contributed by atoms with E-state index in [0.717, 1.165) is 0 Å². The van der Waals surface area contributed by atoms with E-state index in [9.17, 15) is 9.59 Å². The lowest BCUT2D eigenvalue weighted by Gasteiger charge is -2.25. The summed E-state index contributed by atoms with van der Waals surface area (Å²) in [5.74, 6) is -1.24. The first-order chi connectivity index (χ1) is 12.9. The van der Waals surface area contributed by atoms with Gasteiger partial charge in [0, 0.05) is 0 Å². The quantitative estimate of drug-likeness (QED) is 0.525. The molecule has 7 heteroatoms. The second kappa shape index (κ2) is 8.19. The highest BCUT2D eigenvalue weighted by atomic mass is 79.9. The lowest BCUT2D eigenvalue weighted by atomic mass is 10.0. The van der Waals surface area contributed by atoms with Gasteiger partial charge in [0.25, 0.3) is 0 Å². The molecule has 3 rings (SSSR count). The highest BCUT2D eigenvalue weighted by Crippen LogP contribution is 2.40. The van der Waals surface area contributed by atoms with Crippen LogP contribution in [0, 0.1) is 0 Å². The molecule has 0 N–H and O–H groups in total. The van der Waals surface area contributed by atoms with Crippen LogP contribution in [0.25, 0.3) is 0 Å². The maximum Gasteiger partial charge on any atom is 0.338 e. The van der Waals surface area contributed by atoms with Gasteiger partial charge in [-0.25, -0.2) is 14.0 Å². The van der Waals surface area contributed by atoms with Crippen molar-refractivity contribution < 1.29 is 28.2 Å². The van der Waals surface area contributed by atoms with Gasteiger partial charge in [-0.3, -0.25) is 0 Å². The van der Waals surface area contributed by atoms with E-state index >= 15 is 4.39 Å². The van der Waals surface area contributed by atoms with Crippen molar-refractivity contribution in [2.45, 2.75) is 29.8 Å². The van der Waals surface area contributed by atoms with Crippen molar-refractivity contribution >= 4 is 27.9 Å². The number of rotatable bonds is 5. The molecule has 1 fully saturated rings. The van der Waals surface area contributed by atoms with E-state index in [1.54, 1.807) is 60.7 Å². The monoisotopic (exact) mass is 436 g/mol. The first-order valence-electron chi connectivity index (χ1n) is 8.36. The fourth-order valence-electron chi connectivity index (χ4n) is 2.74. The van der Waals surface area contributed by atoms with E-state index < -0.39 is 34.8 Å². The molecule has 2 aromatic rings. The minimum atomic E-state index is -1.99. The molecule has 4 atom stereocenters. The maximum atomic E-state index is 15.1. The van der Waals surface area contributed by atoms with Gasteiger partial charge in [0.05, 0.1) is 11.1 Å². The standard InChI is InChI=1S/C20H18BrFO5/c1-20(22)16(27-18(24)14-10-6-3-7-11-14)15(26-19(20)21)12-25-17(23)13-8-4-2-5-9-13/h2-11,15-16,19H,12H2,1H3/t15-,16?,19-,20-/m1/s1. The van der Waals surface area contributed by atoms with Crippen LogP contribution in [-0.4, -0.2) is 41.4 Å². The average Bonchev–Trinajstić information content (AvgIpc) is 2.90. The van der Waals surface area contributed by atoms with Crippen molar-refractivity contribution in [1.82, 2.24) is 0 Å². The summed E-state index contributed by atoms with van der Waals surface area (Å²) in [6.07, 6.45) is -2.18. The fraction of sp³-hybridized carbons (Fsp3) is 0.300. The molecule has 1 unspecified atom stereocenters. The number of alkyl halides is 2. The summed E-state index contributed by atoms with van der Waals surface area (Å²) >= 11 is 3.11. The zero-order valence-corrected chi connectivity index (χ0v) is 16.1. The molecule has 0 aliphatic carbocycles. The van der Waals surface area contributed by atoms with E-state index in [4.69, 9.17) is 14.2 Å². The van der Waals surface area contributed by atoms with Gasteiger partial charge in [0.1, 0.15) is 12.7 Å². The number of carbonyl (C=O) groups is 2.